The largest absolute Gasteiger partial charge is 0.490 e. The van der Waals surface area contributed by atoms with Crippen LogP contribution in [0.2, 0.25) is 0 Å². The van der Waals surface area contributed by atoms with E-state index in [2.05, 4.69) is 22.4 Å². The molecule has 0 aliphatic heterocycles. The topological polar surface area (TPSA) is 77.8 Å². The second-order valence-corrected chi connectivity index (χ2v) is 8.14. The van der Waals surface area contributed by atoms with E-state index >= 15 is 0 Å². The number of benzene rings is 1. The van der Waals surface area contributed by atoms with Crippen molar-refractivity contribution in [1.29, 1.82) is 0 Å². The Balaban J connectivity index is 1.73. The molecule has 0 radical (unpaired) electrons. The van der Waals surface area contributed by atoms with Crippen LogP contribution in [0.15, 0.2) is 48.7 Å². The summed E-state index contributed by atoms with van der Waals surface area (Å²) in [5, 5.41) is 11.6. The first-order valence-electron chi connectivity index (χ1n) is 10.8. The van der Waals surface area contributed by atoms with Crippen LogP contribution in [0.5, 0.6) is 11.5 Å². The van der Waals surface area contributed by atoms with Crippen molar-refractivity contribution >= 4 is 29.4 Å². The number of fused-ring (bicyclic) bond motifs is 1. The molecule has 0 fully saturated rings. The molecule has 2 aromatic heterocycles. The lowest BCUT2D eigenvalue weighted by molar-refractivity contribution is -0.117. The minimum atomic E-state index is -0.235. The van der Waals surface area contributed by atoms with Gasteiger partial charge in [-0.05, 0) is 67.7 Å². The lowest BCUT2D eigenvalue weighted by Gasteiger charge is -2.16. The molecule has 8 heteroatoms. The number of carbonyl (C=O) groups excluding carboxylic acids is 1. The molecule has 0 spiro atoms. The maximum Gasteiger partial charge on any atom is 0.244 e. The van der Waals surface area contributed by atoms with Gasteiger partial charge in [-0.2, -0.15) is 11.8 Å². The summed E-state index contributed by atoms with van der Waals surface area (Å²) >= 11 is 1.73. The van der Waals surface area contributed by atoms with Crippen LogP contribution in [0, 0.1) is 0 Å². The van der Waals surface area contributed by atoms with E-state index in [0.717, 1.165) is 35.6 Å². The third-order valence-electron chi connectivity index (χ3n) is 4.74. The highest BCUT2D eigenvalue weighted by atomic mass is 32.2. The molecular formula is C24H30N4O3S. The quantitative estimate of drug-likeness (QED) is 0.405. The van der Waals surface area contributed by atoms with Crippen LogP contribution in [0.25, 0.3) is 11.7 Å². The van der Waals surface area contributed by atoms with E-state index in [1.165, 1.54) is 6.08 Å². The maximum atomic E-state index is 12.7. The zero-order chi connectivity index (χ0) is 22.8. The first-order chi connectivity index (χ1) is 15.7. The standard InChI is InChI=1S/C24H30N4O3S/c1-4-15-31-20-11-9-18(17-21(20)30-5-2)10-12-23(29)25-19(13-16-32-3)24-27-26-22-8-6-7-14-28(22)24/h6-12,14,17,19H,4-5,13,15-16H2,1-3H3,(H,25,29)/b12-10+. The molecule has 0 aliphatic rings. The van der Waals surface area contributed by atoms with Crippen LogP contribution < -0.4 is 14.8 Å². The molecule has 0 bridgehead atoms. The summed E-state index contributed by atoms with van der Waals surface area (Å²) in [5.74, 6) is 2.83. The fourth-order valence-corrected chi connectivity index (χ4v) is 3.69. The molecule has 0 saturated heterocycles. The fourth-order valence-electron chi connectivity index (χ4n) is 3.22. The van der Waals surface area contributed by atoms with Gasteiger partial charge in [0.05, 0.1) is 19.3 Å². The van der Waals surface area contributed by atoms with Crippen LogP contribution in [0.4, 0.5) is 0 Å². The van der Waals surface area contributed by atoms with E-state index in [0.29, 0.717) is 24.7 Å². The highest BCUT2D eigenvalue weighted by molar-refractivity contribution is 7.98. The van der Waals surface area contributed by atoms with Gasteiger partial charge in [-0.25, -0.2) is 0 Å². The second kappa shape index (κ2) is 12.1. The molecule has 1 unspecified atom stereocenters. The Morgan fingerprint density at radius 2 is 2.06 bits per heavy atom. The van der Waals surface area contributed by atoms with Gasteiger partial charge in [0, 0.05) is 12.3 Å². The number of amides is 1. The van der Waals surface area contributed by atoms with E-state index in [9.17, 15) is 4.79 Å². The van der Waals surface area contributed by atoms with E-state index in [-0.39, 0.29) is 11.9 Å². The summed E-state index contributed by atoms with van der Waals surface area (Å²) in [4.78, 5) is 12.7. The Hall–Kier alpha value is -3.00. The number of thioether (sulfide) groups is 1. The van der Waals surface area contributed by atoms with Gasteiger partial charge in [0.1, 0.15) is 0 Å². The minimum absolute atomic E-state index is 0.187. The minimum Gasteiger partial charge on any atom is -0.490 e. The third kappa shape index (κ3) is 6.26. The summed E-state index contributed by atoms with van der Waals surface area (Å²) in [6.45, 7) is 5.17. The molecule has 1 N–H and O–H groups in total. The molecular weight excluding hydrogens is 424 g/mol. The van der Waals surface area contributed by atoms with Gasteiger partial charge in [0.15, 0.2) is 23.0 Å². The second-order valence-electron chi connectivity index (χ2n) is 7.15. The summed E-state index contributed by atoms with van der Waals surface area (Å²) in [5.41, 5.74) is 1.62. The van der Waals surface area contributed by atoms with Crippen LogP contribution in [-0.4, -0.2) is 45.7 Å². The Morgan fingerprint density at radius 1 is 1.19 bits per heavy atom. The Labute approximate surface area is 193 Å². The number of carbonyl (C=O) groups is 1. The predicted octanol–water partition coefficient (Wildman–Crippen LogP) is 4.54. The van der Waals surface area contributed by atoms with Crippen LogP contribution in [0.3, 0.4) is 0 Å². The average molecular weight is 455 g/mol. The number of nitrogens with zero attached hydrogens (tertiary/aromatic N) is 3. The maximum absolute atomic E-state index is 12.7. The zero-order valence-electron chi connectivity index (χ0n) is 18.8. The highest BCUT2D eigenvalue weighted by Crippen LogP contribution is 2.29. The molecule has 1 amide bonds. The van der Waals surface area contributed by atoms with Gasteiger partial charge < -0.3 is 14.8 Å². The van der Waals surface area contributed by atoms with Gasteiger partial charge >= 0.3 is 0 Å². The van der Waals surface area contributed by atoms with Crippen molar-refractivity contribution in [2.75, 3.05) is 25.2 Å². The van der Waals surface area contributed by atoms with Crippen molar-refractivity contribution in [3.05, 3.63) is 60.1 Å². The number of nitrogens with one attached hydrogen (secondary N) is 1. The van der Waals surface area contributed by atoms with Crippen molar-refractivity contribution < 1.29 is 14.3 Å². The summed E-state index contributed by atoms with van der Waals surface area (Å²) < 4.78 is 13.4. The first-order valence-corrected chi connectivity index (χ1v) is 12.2. The SMILES string of the molecule is CCCOc1ccc(/C=C/C(=O)NC(CCSC)c2nnc3ccccn23)cc1OCC. The Bertz CT molecular complexity index is 1050. The molecule has 7 nitrogen and oxygen atoms in total. The van der Waals surface area contributed by atoms with Gasteiger partial charge in [-0.15, -0.1) is 10.2 Å². The molecule has 170 valence electrons. The van der Waals surface area contributed by atoms with Crippen molar-refractivity contribution in [3.8, 4) is 11.5 Å². The molecule has 1 atom stereocenters. The predicted molar refractivity (Wildman–Crippen MR) is 129 cm³/mol. The summed E-state index contributed by atoms with van der Waals surface area (Å²) in [6.07, 6.45) is 8.95. The van der Waals surface area contributed by atoms with Gasteiger partial charge in [0.25, 0.3) is 0 Å². The van der Waals surface area contributed by atoms with Gasteiger partial charge in [0.2, 0.25) is 5.91 Å². The summed E-state index contributed by atoms with van der Waals surface area (Å²) in [6, 6.07) is 11.2. The normalized spacial score (nSPS) is 12.2. The monoisotopic (exact) mass is 454 g/mol. The van der Waals surface area contributed by atoms with Crippen molar-refractivity contribution in [3.63, 3.8) is 0 Å². The number of hydrogen-bond donors (Lipinski definition) is 1. The highest BCUT2D eigenvalue weighted by Gasteiger charge is 2.19. The van der Waals surface area contributed by atoms with E-state index in [1.54, 1.807) is 17.8 Å². The smallest absolute Gasteiger partial charge is 0.244 e. The lowest BCUT2D eigenvalue weighted by atomic mass is 10.1. The third-order valence-corrected chi connectivity index (χ3v) is 5.38. The van der Waals surface area contributed by atoms with E-state index < -0.39 is 0 Å². The van der Waals surface area contributed by atoms with E-state index in [1.807, 2.05) is 60.2 Å². The van der Waals surface area contributed by atoms with Crippen LogP contribution in [0.1, 0.15) is 44.1 Å². The number of pyridine rings is 1. The molecule has 3 aromatic rings. The van der Waals surface area contributed by atoms with Gasteiger partial charge in [-0.3, -0.25) is 9.20 Å². The molecule has 2 heterocycles. The van der Waals surface area contributed by atoms with E-state index in [4.69, 9.17) is 9.47 Å². The average Bonchev–Trinajstić information content (AvgIpc) is 3.24. The Kier molecular flexibility index (Phi) is 8.98. The summed E-state index contributed by atoms with van der Waals surface area (Å²) in [7, 11) is 0. The van der Waals surface area contributed by atoms with Crippen molar-refractivity contribution in [1.82, 2.24) is 19.9 Å². The lowest BCUT2D eigenvalue weighted by Crippen LogP contribution is -2.29. The molecule has 1 aromatic carbocycles. The molecule has 0 saturated carbocycles. The van der Waals surface area contributed by atoms with Crippen LogP contribution in [-0.2, 0) is 4.79 Å². The molecule has 32 heavy (non-hydrogen) atoms. The molecule has 0 aliphatic carbocycles. The fraction of sp³-hybridized carbons (Fsp3) is 0.375. The number of aromatic nitrogens is 3. The zero-order valence-corrected chi connectivity index (χ0v) is 19.6. The molecule has 3 rings (SSSR count). The number of rotatable bonds is 12. The van der Waals surface area contributed by atoms with Gasteiger partial charge in [-0.1, -0.05) is 19.1 Å². The van der Waals surface area contributed by atoms with Crippen LogP contribution >= 0.6 is 11.8 Å². The van der Waals surface area contributed by atoms with Crippen molar-refractivity contribution in [2.24, 2.45) is 0 Å². The number of hydrogen-bond acceptors (Lipinski definition) is 6. The Morgan fingerprint density at radius 3 is 2.84 bits per heavy atom. The van der Waals surface area contributed by atoms with Crippen molar-refractivity contribution in [2.45, 2.75) is 32.7 Å². The number of ether oxygens (including phenoxy) is 2. The first kappa shape index (κ1) is 23.7.